The normalized spacial score (nSPS) is 22.8. The van der Waals surface area contributed by atoms with Crippen LogP contribution in [-0.4, -0.2) is 70.0 Å². The van der Waals surface area contributed by atoms with E-state index in [1.165, 1.54) is 30.8 Å². The molecule has 1 atom stereocenters. The number of rotatable bonds is 7. The molecule has 2 fully saturated rings. The Kier molecular flexibility index (Phi) is 8.14. The lowest BCUT2D eigenvalue weighted by atomic mass is 9.94. The van der Waals surface area contributed by atoms with Crippen molar-refractivity contribution in [2.75, 3.05) is 53.6 Å². The fourth-order valence-electron chi connectivity index (χ4n) is 4.09. The maximum atomic E-state index is 5.83. The van der Waals surface area contributed by atoms with Crippen molar-refractivity contribution in [3.63, 3.8) is 0 Å². The van der Waals surface area contributed by atoms with Crippen molar-refractivity contribution in [1.82, 2.24) is 15.5 Å². The van der Waals surface area contributed by atoms with Gasteiger partial charge in [0.15, 0.2) is 5.96 Å². The highest BCUT2D eigenvalue weighted by Crippen LogP contribution is 2.29. The number of aliphatic imine (C=N–C) groups is 1. The largest absolute Gasteiger partial charge is 0.381 e. The molecule has 2 saturated heterocycles. The SMILES string of the molecule is CN=C(NCC(c1cccs1)N1CCC(C)CC1)NCC1(OC)CCOCC1. The van der Waals surface area contributed by atoms with Gasteiger partial charge < -0.3 is 20.1 Å². The number of methoxy groups -OCH3 is 1. The average molecular weight is 409 g/mol. The number of nitrogens with zero attached hydrogens (tertiary/aromatic N) is 2. The zero-order valence-electron chi connectivity index (χ0n) is 17.6. The van der Waals surface area contributed by atoms with E-state index >= 15 is 0 Å². The summed E-state index contributed by atoms with van der Waals surface area (Å²) in [4.78, 5) is 8.49. The molecule has 1 aromatic heterocycles. The van der Waals surface area contributed by atoms with Crippen molar-refractivity contribution < 1.29 is 9.47 Å². The minimum absolute atomic E-state index is 0.161. The van der Waals surface area contributed by atoms with Gasteiger partial charge >= 0.3 is 0 Å². The Hall–Kier alpha value is -1.15. The number of likely N-dealkylation sites (tertiary alicyclic amines) is 1. The number of thiophene rings is 1. The number of hydrogen-bond donors (Lipinski definition) is 2. The van der Waals surface area contributed by atoms with Gasteiger partial charge in [0.1, 0.15) is 0 Å². The average Bonchev–Trinajstić information content (AvgIpc) is 3.27. The van der Waals surface area contributed by atoms with Crippen LogP contribution in [0.15, 0.2) is 22.5 Å². The molecule has 3 rings (SSSR count). The predicted octanol–water partition coefficient (Wildman–Crippen LogP) is 2.88. The van der Waals surface area contributed by atoms with Crippen molar-refractivity contribution in [2.24, 2.45) is 10.9 Å². The molecule has 0 saturated carbocycles. The van der Waals surface area contributed by atoms with Crippen LogP contribution in [0.25, 0.3) is 0 Å². The Morgan fingerprint density at radius 1 is 1.36 bits per heavy atom. The minimum atomic E-state index is -0.161. The van der Waals surface area contributed by atoms with Gasteiger partial charge in [-0.25, -0.2) is 0 Å². The Labute approximate surface area is 173 Å². The lowest BCUT2D eigenvalue weighted by Crippen LogP contribution is -2.51. The fraction of sp³-hybridized carbons (Fsp3) is 0.762. The molecule has 3 heterocycles. The molecule has 0 aromatic carbocycles. The second-order valence-electron chi connectivity index (χ2n) is 8.06. The van der Waals surface area contributed by atoms with E-state index in [4.69, 9.17) is 9.47 Å². The molecule has 2 aliphatic heterocycles. The Balaban J connectivity index is 1.56. The summed E-state index contributed by atoms with van der Waals surface area (Å²) in [5.41, 5.74) is -0.161. The summed E-state index contributed by atoms with van der Waals surface area (Å²) in [7, 11) is 3.63. The highest BCUT2D eigenvalue weighted by molar-refractivity contribution is 7.10. The maximum absolute atomic E-state index is 5.83. The quantitative estimate of drug-likeness (QED) is 0.537. The molecule has 0 radical (unpaired) electrons. The van der Waals surface area contributed by atoms with Gasteiger partial charge in [-0.2, -0.15) is 0 Å². The standard InChI is InChI=1S/C21H36N4O2S/c1-17-6-10-25(11-7-17)18(19-5-4-14-28-19)15-23-20(22-2)24-16-21(26-3)8-12-27-13-9-21/h4-5,14,17-18H,6-13,15-16H2,1-3H3,(H2,22,23,24). The van der Waals surface area contributed by atoms with E-state index in [0.717, 1.165) is 51.0 Å². The summed E-state index contributed by atoms with van der Waals surface area (Å²) in [6, 6.07) is 4.80. The summed E-state index contributed by atoms with van der Waals surface area (Å²) in [6.07, 6.45) is 4.40. The van der Waals surface area contributed by atoms with Gasteiger partial charge in [-0.15, -0.1) is 11.3 Å². The highest BCUT2D eigenvalue weighted by atomic mass is 32.1. The molecule has 0 aliphatic carbocycles. The molecule has 158 valence electrons. The van der Waals surface area contributed by atoms with Gasteiger partial charge in [0.05, 0.1) is 11.6 Å². The van der Waals surface area contributed by atoms with E-state index in [2.05, 4.69) is 45.0 Å². The van der Waals surface area contributed by atoms with Crippen LogP contribution in [0, 0.1) is 5.92 Å². The van der Waals surface area contributed by atoms with Crippen LogP contribution >= 0.6 is 11.3 Å². The Morgan fingerprint density at radius 2 is 2.11 bits per heavy atom. The van der Waals surface area contributed by atoms with Crippen LogP contribution in [0.1, 0.15) is 43.5 Å². The molecule has 28 heavy (non-hydrogen) atoms. The van der Waals surface area contributed by atoms with Gasteiger partial charge in [-0.05, 0) is 43.3 Å². The molecule has 7 heteroatoms. The zero-order valence-corrected chi connectivity index (χ0v) is 18.4. The zero-order chi connectivity index (χ0) is 19.8. The van der Waals surface area contributed by atoms with Crippen LogP contribution < -0.4 is 10.6 Å². The van der Waals surface area contributed by atoms with Crippen LogP contribution in [0.3, 0.4) is 0 Å². The topological polar surface area (TPSA) is 58.1 Å². The predicted molar refractivity (Wildman–Crippen MR) is 116 cm³/mol. The molecule has 2 N–H and O–H groups in total. The van der Waals surface area contributed by atoms with Crippen molar-refractivity contribution in [3.8, 4) is 0 Å². The smallest absolute Gasteiger partial charge is 0.191 e. The van der Waals surface area contributed by atoms with Crippen molar-refractivity contribution in [2.45, 2.75) is 44.2 Å². The monoisotopic (exact) mass is 408 g/mol. The first kappa shape index (κ1) is 21.6. The summed E-state index contributed by atoms with van der Waals surface area (Å²) in [5, 5.41) is 9.23. The molecule has 1 unspecified atom stereocenters. The number of ether oxygens (including phenoxy) is 2. The molecular weight excluding hydrogens is 372 g/mol. The molecule has 0 spiro atoms. The molecule has 0 amide bonds. The van der Waals surface area contributed by atoms with Gasteiger partial charge in [0.25, 0.3) is 0 Å². The van der Waals surface area contributed by atoms with E-state index in [1.54, 1.807) is 7.11 Å². The second kappa shape index (κ2) is 10.6. The van der Waals surface area contributed by atoms with Gasteiger partial charge in [0, 0.05) is 58.2 Å². The van der Waals surface area contributed by atoms with Gasteiger partial charge in [0.2, 0.25) is 0 Å². The number of guanidine groups is 1. The van der Waals surface area contributed by atoms with Crippen LogP contribution in [0.2, 0.25) is 0 Å². The molecule has 6 nitrogen and oxygen atoms in total. The number of piperidine rings is 1. The third-order valence-corrected chi connectivity index (χ3v) is 7.21. The minimum Gasteiger partial charge on any atom is -0.381 e. The molecule has 0 bridgehead atoms. The molecular formula is C21H36N4O2S. The molecule has 1 aromatic rings. The summed E-state index contributed by atoms with van der Waals surface area (Å²) >= 11 is 1.85. The lowest BCUT2D eigenvalue weighted by Gasteiger charge is -2.37. The van der Waals surface area contributed by atoms with Crippen molar-refractivity contribution in [3.05, 3.63) is 22.4 Å². The third-order valence-electron chi connectivity index (χ3n) is 6.23. The number of nitrogens with one attached hydrogen (secondary N) is 2. The van der Waals surface area contributed by atoms with Gasteiger partial charge in [-0.3, -0.25) is 9.89 Å². The summed E-state index contributed by atoms with van der Waals surface area (Å²) in [6.45, 7) is 7.83. The maximum Gasteiger partial charge on any atom is 0.191 e. The molecule has 2 aliphatic rings. The van der Waals surface area contributed by atoms with E-state index in [0.29, 0.717) is 6.04 Å². The second-order valence-corrected chi connectivity index (χ2v) is 9.04. The van der Waals surface area contributed by atoms with Crippen LogP contribution in [-0.2, 0) is 9.47 Å². The first-order chi connectivity index (χ1) is 13.7. The third kappa shape index (κ3) is 5.69. The number of hydrogen-bond acceptors (Lipinski definition) is 5. The Morgan fingerprint density at radius 3 is 2.71 bits per heavy atom. The Bertz CT molecular complexity index is 594. The van der Waals surface area contributed by atoms with Crippen molar-refractivity contribution >= 4 is 17.3 Å². The summed E-state index contributed by atoms with van der Waals surface area (Å²) in [5.74, 6) is 1.68. The summed E-state index contributed by atoms with van der Waals surface area (Å²) < 4.78 is 11.3. The first-order valence-corrected chi connectivity index (χ1v) is 11.4. The van der Waals surface area contributed by atoms with Crippen molar-refractivity contribution in [1.29, 1.82) is 0 Å². The first-order valence-electron chi connectivity index (χ1n) is 10.5. The van der Waals surface area contributed by atoms with E-state index in [-0.39, 0.29) is 5.60 Å². The van der Waals surface area contributed by atoms with Crippen LogP contribution in [0.5, 0.6) is 0 Å². The lowest BCUT2D eigenvalue weighted by molar-refractivity contribution is -0.0855. The highest BCUT2D eigenvalue weighted by Gasteiger charge is 2.32. The fourth-order valence-corrected chi connectivity index (χ4v) is 4.95. The van der Waals surface area contributed by atoms with E-state index < -0.39 is 0 Å². The van der Waals surface area contributed by atoms with E-state index in [9.17, 15) is 0 Å². The van der Waals surface area contributed by atoms with E-state index in [1.807, 2.05) is 18.4 Å². The van der Waals surface area contributed by atoms with Gasteiger partial charge in [-0.1, -0.05) is 13.0 Å². The van der Waals surface area contributed by atoms with Crippen LogP contribution in [0.4, 0.5) is 0 Å².